The van der Waals surface area contributed by atoms with Crippen LogP contribution in [0.4, 0.5) is 0 Å². The van der Waals surface area contributed by atoms with E-state index in [4.69, 9.17) is 4.74 Å². The molecule has 5 rings (SSSR count). The van der Waals surface area contributed by atoms with Crippen molar-refractivity contribution in [1.29, 1.82) is 0 Å². The van der Waals surface area contributed by atoms with Crippen molar-refractivity contribution in [3.8, 4) is 0 Å². The molecule has 8 atom stereocenters. The van der Waals surface area contributed by atoms with E-state index in [1.54, 1.807) is 0 Å². The van der Waals surface area contributed by atoms with Crippen molar-refractivity contribution in [2.45, 2.75) is 115 Å². The zero-order chi connectivity index (χ0) is 21.0. The van der Waals surface area contributed by atoms with E-state index >= 15 is 0 Å². The van der Waals surface area contributed by atoms with Gasteiger partial charge in [-0.25, -0.2) is 0 Å². The molecule has 0 amide bonds. The minimum Gasteiger partial charge on any atom is -0.393 e. The van der Waals surface area contributed by atoms with Crippen LogP contribution in [0.5, 0.6) is 0 Å². The summed E-state index contributed by atoms with van der Waals surface area (Å²) < 4.78 is 5.46. The molecule has 2 N–H and O–H groups in total. The standard InChI is InChI=1S/C27H46O3/c1-25-13-10-24-22(7-5-20-18-21(28)9-12-26(20,24)2)23(25)8-6-19(25)4-3-11-27(29)14-16-30-17-15-27/h19-24,28-29H,3-18H2,1-2H3/t19-,20?,21-,22?,23?,24?,25+,26?/m0/s1. The Morgan fingerprint density at radius 3 is 2.37 bits per heavy atom. The Morgan fingerprint density at radius 2 is 1.57 bits per heavy atom. The third kappa shape index (κ3) is 3.59. The van der Waals surface area contributed by atoms with Crippen molar-refractivity contribution in [2.75, 3.05) is 13.2 Å². The van der Waals surface area contributed by atoms with E-state index in [2.05, 4.69) is 13.8 Å². The van der Waals surface area contributed by atoms with Gasteiger partial charge in [0.1, 0.15) is 0 Å². The molecule has 4 saturated carbocycles. The van der Waals surface area contributed by atoms with Gasteiger partial charge >= 0.3 is 0 Å². The topological polar surface area (TPSA) is 49.7 Å². The number of aliphatic hydroxyl groups is 2. The van der Waals surface area contributed by atoms with Crippen molar-refractivity contribution >= 4 is 0 Å². The molecule has 5 aliphatic rings. The van der Waals surface area contributed by atoms with E-state index in [1.165, 1.54) is 57.8 Å². The van der Waals surface area contributed by atoms with Crippen molar-refractivity contribution in [3.05, 3.63) is 0 Å². The summed E-state index contributed by atoms with van der Waals surface area (Å²) in [6.45, 7) is 6.72. The van der Waals surface area contributed by atoms with Crippen molar-refractivity contribution in [2.24, 2.45) is 40.4 Å². The zero-order valence-electron chi connectivity index (χ0n) is 19.6. The first-order valence-electron chi connectivity index (χ1n) is 13.3. The highest BCUT2D eigenvalue weighted by atomic mass is 16.5. The molecular formula is C27H46O3. The van der Waals surface area contributed by atoms with Crippen molar-refractivity contribution in [1.82, 2.24) is 0 Å². The molecule has 172 valence electrons. The molecule has 3 heteroatoms. The van der Waals surface area contributed by atoms with E-state index in [-0.39, 0.29) is 6.10 Å². The lowest BCUT2D eigenvalue weighted by Gasteiger charge is -2.61. The van der Waals surface area contributed by atoms with Crippen LogP contribution in [-0.2, 0) is 4.74 Å². The summed E-state index contributed by atoms with van der Waals surface area (Å²) in [7, 11) is 0. The van der Waals surface area contributed by atoms with Crippen LogP contribution in [0.3, 0.4) is 0 Å². The fourth-order valence-corrected chi connectivity index (χ4v) is 9.50. The maximum absolute atomic E-state index is 10.9. The quantitative estimate of drug-likeness (QED) is 0.614. The van der Waals surface area contributed by atoms with E-state index in [9.17, 15) is 10.2 Å². The molecule has 0 bridgehead atoms. The number of ether oxygens (including phenoxy) is 1. The van der Waals surface area contributed by atoms with Crippen LogP contribution < -0.4 is 0 Å². The monoisotopic (exact) mass is 418 g/mol. The first kappa shape index (κ1) is 21.7. The molecule has 0 radical (unpaired) electrons. The predicted octanol–water partition coefficient (Wildman–Crippen LogP) is 5.72. The number of hydrogen-bond acceptors (Lipinski definition) is 3. The zero-order valence-corrected chi connectivity index (χ0v) is 19.6. The van der Waals surface area contributed by atoms with Gasteiger partial charge < -0.3 is 14.9 Å². The normalized spacial score (nSPS) is 50.4. The second-order valence-corrected chi connectivity index (χ2v) is 12.6. The maximum atomic E-state index is 10.9. The minimum absolute atomic E-state index is 0.0325. The van der Waals surface area contributed by atoms with Crippen LogP contribution in [0.1, 0.15) is 104 Å². The molecule has 0 aromatic carbocycles. The highest BCUT2D eigenvalue weighted by Gasteiger charge is 2.59. The Bertz CT molecular complexity index is 613. The summed E-state index contributed by atoms with van der Waals surface area (Å²) in [5.41, 5.74) is 0.581. The molecule has 5 unspecified atom stereocenters. The molecule has 30 heavy (non-hydrogen) atoms. The van der Waals surface area contributed by atoms with Gasteiger partial charge in [-0.1, -0.05) is 20.3 Å². The minimum atomic E-state index is -0.451. The smallest absolute Gasteiger partial charge is 0.0691 e. The lowest BCUT2D eigenvalue weighted by Crippen LogP contribution is -2.53. The second-order valence-electron chi connectivity index (χ2n) is 12.6. The molecule has 0 spiro atoms. The highest BCUT2D eigenvalue weighted by molar-refractivity contribution is 5.09. The fourth-order valence-electron chi connectivity index (χ4n) is 9.50. The van der Waals surface area contributed by atoms with Crippen molar-refractivity contribution in [3.63, 3.8) is 0 Å². The van der Waals surface area contributed by atoms with Gasteiger partial charge in [0.05, 0.1) is 11.7 Å². The Kier molecular flexibility index (Phi) is 5.81. The van der Waals surface area contributed by atoms with Crippen molar-refractivity contribution < 1.29 is 14.9 Å². The molecule has 5 fully saturated rings. The molecule has 1 saturated heterocycles. The lowest BCUT2D eigenvalue weighted by molar-refractivity contribution is -0.127. The summed E-state index contributed by atoms with van der Waals surface area (Å²) >= 11 is 0. The lowest BCUT2D eigenvalue weighted by atomic mass is 9.44. The van der Waals surface area contributed by atoms with Gasteiger partial charge in [0.25, 0.3) is 0 Å². The summed E-state index contributed by atoms with van der Waals surface area (Å²) in [5, 5.41) is 21.1. The van der Waals surface area contributed by atoms with Gasteiger partial charge in [0.2, 0.25) is 0 Å². The Balaban J connectivity index is 1.23. The SMILES string of the molecule is CC12CC[C@H](O)CC1CCC1C2CC[C@@]2(C)C1CC[C@@H]2CCCC1(O)CCOCC1. The molecule has 3 nitrogen and oxygen atoms in total. The maximum Gasteiger partial charge on any atom is 0.0691 e. The first-order chi connectivity index (χ1) is 14.3. The molecule has 0 aromatic heterocycles. The highest BCUT2D eigenvalue weighted by Crippen LogP contribution is 2.67. The summed E-state index contributed by atoms with van der Waals surface area (Å²) in [4.78, 5) is 0. The van der Waals surface area contributed by atoms with Gasteiger partial charge in [-0.15, -0.1) is 0 Å². The summed E-state index contributed by atoms with van der Waals surface area (Å²) in [6, 6.07) is 0. The third-order valence-electron chi connectivity index (χ3n) is 11.5. The number of aliphatic hydroxyl groups excluding tert-OH is 1. The van der Waals surface area contributed by atoms with Crippen LogP contribution in [0.2, 0.25) is 0 Å². The molecular weight excluding hydrogens is 372 g/mol. The van der Waals surface area contributed by atoms with Crippen LogP contribution >= 0.6 is 0 Å². The predicted molar refractivity (Wildman–Crippen MR) is 120 cm³/mol. The van der Waals surface area contributed by atoms with Crippen LogP contribution in [0, 0.1) is 40.4 Å². The largest absolute Gasteiger partial charge is 0.393 e. The van der Waals surface area contributed by atoms with E-state index < -0.39 is 5.60 Å². The number of fused-ring (bicyclic) bond motifs is 5. The summed E-state index contributed by atoms with van der Waals surface area (Å²) in [6.07, 6.45) is 17.0. The van der Waals surface area contributed by atoms with Crippen LogP contribution in [0.25, 0.3) is 0 Å². The second kappa shape index (κ2) is 8.03. The third-order valence-corrected chi connectivity index (χ3v) is 11.5. The van der Waals surface area contributed by atoms with Gasteiger partial charge in [0, 0.05) is 13.2 Å². The van der Waals surface area contributed by atoms with E-state index in [1.807, 2.05) is 0 Å². The average molecular weight is 419 g/mol. The number of hydrogen-bond donors (Lipinski definition) is 2. The molecule has 4 aliphatic carbocycles. The average Bonchev–Trinajstić information content (AvgIpc) is 3.05. The fraction of sp³-hybridized carbons (Fsp3) is 1.00. The van der Waals surface area contributed by atoms with Gasteiger partial charge in [-0.3, -0.25) is 0 Å². The number of rotatable bonds is 4. The van der Waals surface area contributed by atoms with Gasteiger partial charge in [0.15, 0.2) is 0 Å². The first-order valence-corrected chi connectivity index (χ1v) is 13.3. The van der Waals surface area contributed by atoms with E-state index in [0.29, 0.717) is 10.8 Å². The molecule has 1 aliphatic heterocycles. The summed E-state index contributed by atoms with van der Waals surface area (Å²) in [5.74, 6) is 4.40. The van der Waals surface area contributed by atoms with Crippen LogP contribution in [0.15, 0.2) is 0 Å². The molecule has 0 aromatic rings. The Morgan fingerprint density at radius 1 is 0.833 bits per heavy atom. The molecule has 1 heterocycles. The Hall–Kier alpha value is -0.120. The van der Waals surface area contributed by atoms with Crippen LogP contribution in [-0.4, -0.2) is 35.1 Å². The van der Waals surface area contributed by atoms with Gasteiger partial charge in [-0.2, -0.15) is 0 Å². The Labute approximate surface area is 184 Å². The van der Waals surface area contributed by atoms with Gasteiger partial charge in [-0.05, 0) is 124 Å². The van der Waals surface area contributed by atoms with E-state index in [0.717, 1.165) is 74.9 Å².